The molecule has 0 fully saturated rings. The Morgan fingerprint density at radius 1 is 0.806 bits per heavy atom. The average Bonchev–Trinajstić information content (AvgIpc) is 3.17. The van der Waals surface area contributed by atoms with Crippen LogP contribution in [0, 0.1) is 0 Å². The number of imidazole rings is 1. The van der Waals surface area contributed by atoms with E-state index < -0.39 is 6.29 Å². The molecule has 0 aliphatic carbocycles. The molecule has 0 amide bonds. The Labute approximate surface area is 211 Å². The second kappa shape index (κ2) is 11.8. The van der Waals surface area contributed by atoms with E-state index in [2.05, 4.69) is 24.3 Å². The fourth-order valence-electron chi connectivity index (χ4n) is 4.54. The van der Waals surface area contributed by atoms with Gasteiger partial charge >= 0.3 is 5.69 Å². The highest BCUT2D eigenvalue weighted by Crippen LogP contribution is 2.25. The Kier molecular flexibility index (Phi) is 8.31. The van der Waals surface area contributed by atoms with Gasteiger partial charge < -0.3 is 9.47 Å². The second-order valence-electron chi connectivity index (χ2n) is 8.71. The highest BCUT2D eigenvalue weighted by Gasteiger charge is 2.29. The van der Waals surface area contributed by atoms with E-state index in [1.165, 1.54) is 18.8 Å². The summed E-state index contributed by atoms with van der Waals surface area (Å²) in [5.74, 6) is -0.309. The molecule has 0 saturated carbocycles. The number of benzene rings is 3. The molecule has 186 valence electrons. The third-order valence-electron chi connectivity index (χ3n) is 6.27. The topological polar surface area (TPSA) is 62.5 Å². The van der Waals surface area contributed by atoms with Gasteiger partial charge in [0.15, 0.2) is 0 Å². The first kappa shape index (κ1) is 25.4. The molecule has 4 rings (SSSR count). The van der Waals surface area contributed by atoms with Gasteiger partial charge in [-0.25, -0.2) is 9.36 Å². The molecular formula is C30H32N2O4. The Bertz CT molecular complexity index is 1340. The largest absolute Gasteiger partial charge is 0.350 e. The minimum atomic E-state index is -0.833. The summed E-state index contributed by atoms with van der Waals surface area (Å²) in [5.41, 5.74) is 4.90. The quantitative estimate of drug-likeness (QED) is 0.279. The van der Waals surface area contributed by atoms with Gasteiger partial charge in [-0.2, -0.15) is 0 Å². The molecule has 3 aromatic carbocycles. The summed E-state index contributed by atoms with van der Waals surface area (Å²) in [6, 6.07) is 27.7. The van der Waals surface area contributed by atoms with Crippen LogP contribution in [0.2, 0.25) is 0 Å². The van der Waals surface area contributed by atoms with E-state index in [4.69, 9.17) is 9.47 Å². The van der Waals surface area contributed by atoms with Gasteiger partial charge in [-0.3, -0.25) is 9.36 Å². The van der Waals surface area contributed by atoms with Gasteiger partial charge in [-0.05, 0) is 28.7 Å². The maximum Gasteiger partial charge on any atom is 0.335 e. The molecule has 36 heavy (non-hydrogen) atoms. The maximum absolute atomic E-state index is 13.7. The normalized spacial score (nSPS) is 11.2. The predicted octanol–water partition coefficient (Wildman–Crippen LogP) is 5.49. The zero-order chi connectivity index (χ0) is 25.5. The van der Waals surface area contributed by atoms with Crippen molar-refractivity contribution >= 4 is 5.91 Å². The Morgan fingerprint density at radius 2 is 1.39 bits per heavy atom. The molecule has 0 unspecified atom stereocenters. The van der Waals surface area contributed by atoms with Gasteiger partial charge in [0, 0.05) is 19.9 Å². The van der Waals surface area contributed by atoms with Gasteiger partial charge in [-0.15, -0.1) is 0 Å². The van der Waals surface area contributed by atoms with E-state index in [0.717, 1.165) is 34.4 Å². The van der Waals surface area contributed by atoms with E-state index in [-0.39, 0.29) is 18.0 Å². The summed E-state index contributed by atoms with van der Waals surface area (Å²) >= 11 is 0. The van der Waals surface area contributed by atoms with Crippen molar-refractivity contribution in [2.24, 2.45) is 0 Å². The van der Waals surface area contributed by atoms with E-state index >= 15 is 0 Å². The lowest BCUT2D eigenvalue weighted by atomic mass is 10.0. The fourth-order valence-corrected chi connectivity index (χ4v) is 4.54. The third kappa shape index (κ3) is 5.40. The van der Waals surface area contributed by atoms with E-state index in [1.807, 2.05) is 67.6 Å². The lowest BCUT2D eigenvalue weighted by Gasteiger charge is -2.17. The van der Waals surface area contributed by atoms with Crippen molar-refractivity contribution in [3.63, 3.8) is 0 Å². The number of aromatic nitrogens is 2. The highest BCUT2D eigenvalue weighted by atomic mass is 16.7. The van der Waals surface area contributed by atoms with Crippen LogP contribution in [0.15, 0.2) is 89.7 Å². The minimum absolute atomic E-state index is 0.106. The number of hydrogen-bond acceptors (Lipinski definition) is 4. The van der Waals surface area contributed by atoms with E-state index in [9.17, 15) is 9.59 Å². The standard InChI is InChI=1S/C30H32N2O4/c1-4-11-26-28(29(35-2)36-3)32(27(33)20-22-12-7-5-8-13-22)30(34)31(26)21-23-16-18-25(19-17-23)24-14-9-6-10-15-24/h5-10,12-19,29H,4,11,20-21H2,1-3H3. The molecular weight excluding hydrogens is 452 g/mol. The summed E-state index contributed by atoms with van der Waals surface area (Å²) in [4.78, 5) is 27.2. The maximum atomic E-state index is 13.7. The number of ether oxygens (including phenoxy) is 2. The molecule has 0 spiro atoms. The zero-order valence-electron chi connectivity index (χ0n) is 21.0. The molecule has 6 heteroatoms. The average molecular weight is 485 g/mol. The van der Waals surface area contributed by atoms with Gasteiger partial charge in [0.25, 0.3) is 0 Å². The van der Waals surface area contributed by atoms with E-state index in [1.54, 1.807) is 4.57 Å². The number of carbonyl (C=O) groups excluding carboxylic acids is 1. The van der Waals surface area contributed by atoms with Crippen molar-refractivity contribution in [1.29, 1.82) is 0 Å². The van der Waals surface area contributed by atoms with Gasteiger partial charge in [0.1, 0.15) is 5.69 Å². The Morgan fingerprint density at radius 3 is 1.97 bits per heavy atom. The van der Waals surface area contributed by atoms with Crippen molar-refractivity contribution in [3.8, 4) is 11.1 Å². The molecule has 4 aromatic rings. The lowest BCUT2D eigenvalue weighted by molar-refractivity contribution is -0.110. The first-order valence-electron chi connectivity index (χ1n) is 12.2. The minimum Gasteiger partial charge on any atom is -0.350 e. The first-order valence-corrected chi connectivity index (χ1v) is 12.2. The monoisotopic (exact) mass is 484 g/mol. The third-order valence-corrected chi connectivity index (χ3v) is 6.27. The summed E-state index contributed by atoms with van der Waals surface area (Å²) in [5, 5.41) is 0. The first-order chi connectivity index (χ1) is 17.6. The molecule has 1 aromatic heterocycles. The molecule has 0 saturated heterocycles. The molecule has 0 aliphatic rings. The molecule has 0 N–H and O–H groups in total. The zero-order valence-corrected chi connectivity index (χ0v) is 21.0. The molecule has 0 atom stereocenters. The number of carbonyl (C=O) groups is 1. The van der Waals surface area contributed by atoms with Gasteiger partial charge in [-0.1, -0.05) is 98.3 Å². The number of nitrogens with zero attached hydrogens (tertiary/aromatic N) is 2. The van der Waals surface area contributed by atoms with Crippen molar-refractivity contribution in [2.45, 2.75) is 39.0 Å². The van der Waals surface area contributed by atoms with Crippen LogP contribution in [0.5, 0.6) is 0 Å². The highest BCUT2D eigenvalue weighted by molar-refractivity contribution is 5.82. The predicted molar refractivity (Wildman–Crippen MR) is 141 cm³/mol. The van der Waals surface area contributed by atoms with Crippen molar-refractivity contribution in [1.82, 2.24) is 9.13 Å². The molecule has 6 nitrogen and oxygen atoms in total. The van der Waals surface area contributed by atoms with Crippen LogP contribution in [-0.4, -0.2) is 29.3 Å². The van der Waals surface area contributed by atoms with Crippen molar-refractivity contribution < 1.29 is 14.3 Å². The van der Waals surface area contributed by atoms with Crippen LogP contribution < -0.4 is 5.69 Å². The second-order valence-corrected chi connectivity index (χ2v) is 8.71. The van der Waals surface area contributed by atoms with Crippen LogP contribution in [0.25, 0.3) is 11.1 Å². The Hall–Kier alpha value is -3.74. The van der Waals surface area contributed by atoms with Gasteiger partial charge in [0.2, 0.25) is 12.2 Å². The lowest BCUT2D eigenvalue weighted by Crippen LogP contribution is -2.32. The van der Waals surface area contributed by atoms with Gasteiger partial charge in [0.05, 0.1) is 13.0 Å². The van der Waals surface area contributed by atoms with Crippen LogP contribution in [0.1, 0.15) is 46.9 Å². The SMILES string of the molecule is CCCc1c(C(OC)OC)n(C(=O)Cc2ccccc2)c(=O)n1Cc1ccc(-c2ccccc2)cc1. The van der Waals surface area contributed by atoms with Crippen LogP contribution in [-0.2, 0) is 28.9 Å². The van der Waals surface area contributed by atoms with Crippen LogP contribution >= 0.6 is 0 Å². The van der Waals surface area contributed by atoms with E-state index in [0.29, 0.717) is 18.7 Å². The number of rotatable bonds is 10. The summed E-state index contributed by atoms with van der Waals surface area (Å²) in [6.45, 7) is 2.40. The number of methoxy groups -OCH3 is 2. The summed E-state index contributed by atoms with van der Waals surface area (Å²) in [7, 11) is 3.03. The molecule has 1 heterocycles. The molecule has 0 aliphatic heterocycles. The van der Waals surface area contributed by atoms with Crippen LogP contribution in [0.4, 0.5) is 0 Å². The summed E-state index contributed by atoms with van der Waals surface area (Å²) < 4.78 is 14.0. The van der Waals surface area contributed by atoms with Crippen molar-refractivity contribution in [2.75, 3.05) is 14.2 Å². The number of hydrogen-bond donors (Lipinski definition) is 0. The van der Waals surface area contributed by atoms with Crippen LogP contribution in [0.3, 0.4) is 0 Å². The molecule has 0 bridgehead atoms. The molecule has 0 radical (unpaired) electrons. The Balaban J connectivity index is 1.75. The smallest absolute Gasteiger partial charge is 0.335 e. The van der Waals surface area contributed by atoms with Crippen molar-refractivity contribution in [3.05, 3.63) is 118 Å². The summed E-state index contributed by atoms with van der Waals surface area (Å²) in [6.07, 6.45) is 0.688. The fraction of sp³-hybridized carbons (Fsp3) is 0.267.